The van der Waals surface area contributed by atoms with E-state index >= 15 is 0 Å². The van der Waals surface area contributed by atoms with E-state index in [2.05, 4.69) is 15.6 Å². The molecule has 0 amide bonds. The lowest BCUT2D eigenvalue weighted by Gasteiger charge is -2.12. The van der Waals surface area contributed by atoms with E-state index < -0.39 is 0 Å². The van der Waals surface area contributed by atoms with E-state index in [1.54, 1.807) is 4.57 Å². The third-order valence-electron chi connectivity index (χ3n) is 4.74. The molecule has 2 aromatic carbocycles. The molecule has 1 heterocycles. The van der Waals surface area contributed by atoms with Gasteiger partial charge in [-0.15, -0.1) is 0 Å². The van der Waals surface area contributed by atoms with Gasteiger partial charge in [0.25, 0.3) is 5.56 Å². The minimum absolute atomic E-state index is 0.0338. The van der Waals surface area contributed by atoms with Crippen LogP contribution in [0.2, 0.25) is 0 Å². The van der Waals surface area contributed by atoms with Gasteiger partial charge in [0.05, 0.1) is 16.6 Å². The van der Waals surface area contributed by atoms with Gasteiger partial charge in [-0.3, -0.25) is 9.36 Å². The van der Waals surface area contributed by atoms with Gasteiger partial charge in [0.15, 0.2) is 0 Å². The van der Waals surface area contributed by atoms with Crippen molar-refractivity contribution in [3.8, 4) is 5.69 Å². The summed E-state index contributed by atoms with van der Waals surface area (Å²) in [6.07, 6.45) is 2.63. The van der Waals surface area contributed by atoms with Crippen molar-refractivity contribution < 1.29 is 0 Å². The summed E-state index contributed by atoms with van der Waals surface area (Å²) in [5.74, 6) is 1.49. The minimum atomic E-state index is -0.0338. The Hall–Kier alpha value is -2.82. The molecule has 4 rings (SSSR count). The fraction of sp³-hybridized carbons (Fsp3) is 0.300. The molecule has 0 saturated heterocycles. The zero-order chi connectivity index (χ0) is 17.4. The van der Waals surface area contributed by atoms with Crippen molar-refractivity contribution in [2.45, 2.75) is 19.8 Å². The SMILES string of the molecule is CNc1ccc(-n2c(C)nc3cc(NCC4CC4)ccc3c2=O)cc1. The lowest BCUT2D eigenvalue weighted by Crippen LogP contribution is -2.22. The molecule has 0 radical (unpaired) electrons. The van der Waals surface area contributed by atoms with Crippen molar-refractivity contribution in [2.24, 2.45) is 5.92 Å². The van der Waals surface area contributed by atoms with Crippen molar-refractivity contribution in [1.29, 1.82) is 0 Å². The first-order chi connectivity index (χ1) is 12.2. The Morgan fingerprint density at radius 3 is 2.52 bits per heavy atom. The molecular formula is C20H22N4O. The summed E-state index contributed by atoms with van der Waals surface area (Å²) in [5, 5.41) is 7.16. The fourth-order valence-electron chi connectivity index (χ4n) is 3.07. The summed E-state index contributed by atoms with van der Waals surface area (Å²) in [5.41, 5.74) is 3.57. The van der Waals surface area contributed by atoms with Crippen LogP contribution in [0.4, 0.5) is 11.4 Å². The number of nitrogens with one attached hydrogen (secondary N) is 2. The predicted molar refractivity (Wildman–Crippen MR) is 103 cm³/mol. The lowest BCUT2D eigenvalue weighted by atomic mass is 10.2. The van der Waals surface area contributed by atoms with Gasteiger partial charge < -0.3 is 10.6 Å². The molecule has 128 valence electrons. The lowest BCUT2D eigenvalue weighted by molar-refractivity contribution is 0.887. The van der Waals surface area contributed by atoms with Crippen LogP contribution in [-0.2, 0) is 0 Å². The molecule has 0 unspecified atom stereocenters. The first kappa shape index (κ1) is 15.7. The average molecular weight is 334 g/mol. The number of rotatable bonds is 5. The van der Waals surface area contributed by atoms with Gasteiger partial charge in [-0.1, -0.05) is 0 Å². The molecule has 2 N–H and O–H groups in total. The summed E-state index contributed by atoms with van der Waals surface area (Å²) in [6.45, 7) is 2.87. The standard InChI is InChI=1S/C20H22N4O/c1-13-23-19-11-16(22-12-14-3-4-14)7-10-18(19)20(25)24(13)17-8-5-15(21-2)6-9-17/h5-11,14,21-22H,3-4,12H2,1-2H3. The van der Waals surface area contributed by atoms with Crippen LogP contribution in [0.5, 0.6) is 0 Å². The van der Waals surface area contributed by atoms with Gasteiger partial charge in [-0.25, -0.2) is 4.98 Å². The molecule has 0 bridgehead atoms. The summed E-state index contributed by atoms with van der Waals surface area (Å²) in [4.78, 5) is 17.6. The Morgan fingerprint density at radius 2 is 1.84 bits per heavy atom. The quantitative estimate of drug-likeness (QED) is 0.749. The van der Waals surface area contributed by atoms with Crippen molar-refractivity contribution in [1.82, 2.24) is 9.55 Å². The smallest absolute Gasteiger partial charge is 0.265 e. The third-order valence-corrected chi connectivity index (χ3v) is 4.74. The summed E-state index contributed by atoms with van der Waals surface area (Å²) in [6, 6.07) is 13.6. The predicted octanol–water partition coefficient (Wildman–Crippen LogP) is 3.56. The Labute approximate surface area is 146 Å². The van der Waals surface area contributed by atoms with E-state index in [1.165, 1.54) is 12.8 Å². The van der Waals surface area contributed by atoms with Crippen LogP contribution < -0.4 is 16.2 Å². The highest BCUT2D eigenvalue weighted by Crippen LogP contribution is 2.29. The van der Waals surface area contributed by atoms with Gasteiger partial charge >= 0.3 is 0 Å². The van der Waals surface area contributed by atoms with Gasteiger partial charge in [-0.05, 0) is 68.1 Å². The van der Waals surface area contributed by atoms with E-state index in [4.69, 9.17) is 0 Å². The third kappa shape index (κ3) is 3.09. The molecule has 1 aliphatic rings. The fourth-order valence-corrected chi connectivity index (χ4v) is 3.07. The topological polar surface area (TPSA) is 59.0 Å². The Kier molecular flexibility index (Phi) is 3.92. The van der Waals surface area contributed by atoms with Crippen LogP contribution in [0.15, 0.2) is 47.3 Å². The molecule has 0 aliphatic heterocycles. The van der Waals surface area contributed by atoms with Crippen LogP contribution in [0, 0.1) is 12.8 Å². The highest BCUT2D eigenvalue weighted by atomic mass is 16.1. The molecule has 1 aromatic heterocycles. The maximum atomic E-state index is 13.0. The van der Waals surface area contributed by atoms with Crippen molar-refractivity contribution >= 4 is 22.3 Å². The molecular weight excluding hydrogens is 312 g/mol. The van der Waals surface area contributed by atoms with Gasteiger partial charge in [0.2, 0.25) is 0 Å². The monoisotopic (exact) mass is 334 g/mol. The molecule has 0 spiro atoms. The zero-order valence-corrected chi connectivity index (χ0v) is 14.5. The highest BCUT2D eigenvalue weighted by Gasteiger charge is 2.20. The van der Waals surface area contributed by atoms with Crippen LogP contribution >= 0.6 is 0 Å². The van der Waals surface area contributed by atoms with Gasteiger partial charge in [0.1, 0.15) is 5.82 Å². The molecule has 0 atom stereocenters. The van der Waals surface area contributed by atoms with Crippen molar-refractivity contribution in [2.75, 3.05) is 24.2 Å². The Morgan fingerprint density at radius 1 is 1.12 bits per heavy atom. The normalized spacial score (nSPS) is 13.8. The number of hydrogen-bond donors (Lipinski definition) is 2. The largest absolute Gasteiger partial charge is 0.388 e. The molecule has 25 heavy (non-hydrogen) atoms. The maximum Gasteiger partial charge on any atom is 0.265 e. The van der Waals surface area contributed by atoms with Crippen LogP contribution in [0.3, 0.4) is 0 Å². The number of fused-ring (bicyclic) bond motifs is 1. The molecule has 1 aliphatic carbocycles. The molecule has 1 saturated carbocycles. The highest BCUT2D eigenvalue weighted by molar-refractivity contribution is 5.81. The van der Waals surface area contributed by atoms with Crippen LogP contribution in [0.25, 0.3) is 16.6 Å². The number of aryl methyl sites for hydroxylation is 1. The van der Waals surface area contributed by atoms with E-state index in [0.717, 1.165) is 35.0 Å². The van der Waals surface area contributed by atoms with Gasteiger partial charge in [0, 0.05) is 25.0 Å². The zero-order valence-electron chi connectivity index (χ0n) is 14.5. The second-order valence-corrected chi connectivity index (χ2v) is 6.65. The number of benzene rings is 2. The van der Waals surface area contributed by atoms with Crippen molar-refractivity contribution in [3.63, 3.8) is 0 Å². The molecule has 3 aromatic rings. The summed E-state index contributed by atoms with van der Waals surface area (Å²) < 4.78 is 1.67. The van der Waals surface area contributed by atoms with Gasteiger partial charge in [-0.2, -0.15) is 0 Å². The van der Waals surface area contributed by atoms with Crippen LogP contribution in [-0.4, -0.2) is 23.1 Å². The number of hydrogen-bond acceptors (Lipinski definition) is 4. The Bertz CT molecular complexity index is 971. The maximum absolute atomic E-state index is 13.0. The minimum Gasteiger partial charge on any atom is -0.388 e. The Balaban J connectivity index is 1.74. The first-order valence-corrected chi connectivity index (χ1v) is 8.71. The van der Waals surface area contributed by atoms with E-state index in [1.807, 2.05) is 56.4 Å². The summed E-state index contributed by atoms with van der Waals surface area (Å²) >= 11 is 0. The van der Waals surface area contributed by atoms with E-state index in [9.17, 15) is 4.79 Å². The number of nitrogens with zero attached hydrogens (tertiary/aromatic N) is 2. The number of aromatic nitrogens is 2. The second-order valence-electron chi connectivity index (χ2n) is 6.65. The first-order valence-electron chi connectivity index (χ1n) is 8.71. The van der Waals surface area contributed by atoms with E-state index in [0.29, 0.717) is 11.2 Å². The number of anilines is 2. The van der Waals surface area contributed by atoms with Crippen molar-refractivity contribution in [3.05, 3.63) is 58.6 Å². The molecule has 5 heteroatoms. The second kappa shape index (κ2) is 6.24. The molecule has 5 nitrogen and oxygen atoms in total. The molecule has 1 fully saturated rings. The van der Waals surface area contributed by atoms with E-state index in [-0.39, 0.29) is 5.56 Å². The van der Waals surface area contributed by atoms with Crippen LogP contribution in [0.1, 0.15) is 18.7 Å². The average Bonchev–Trinajstić information content (AvgIpc) is 3.45. The summed E-state index contributed by atoms with van der Waals surface area (Å²) in [7, 11) is 1.87.